The maximum atomic E-state index is 11.6. The summed E-state index contributed by atoms with van der Waals surface area (Å²) in [7, 11) is 0. The maximum Gasteiger partial charge on any atom is 0.247 e. The fourth-order valence-electron chi connectivity index (χ4n) is 2.08. The van der Waals surface area contributed by atoms with Gasteiger partial charge in [0, 0.05) is 5.69 Å². The predicted octanol–water partition coefficient (Wildman–Crippen LogP) is 1.80. The van der Waals surface area contributed by atoms with Gasteiger partial charge in [0.05, 0.1) is 12.5 Å². The first kappa shape index (κ1) is 11.9. The second-order valence-electron chi connectivity index (χ2n) is 4.47. The van der Waals surface area contributed by atoms with Gasteiger partial charge < -0.3 is 5.73 Å². The largest absolute Gasteiger partial charge is 0.399 e. The van der Waals surface area contributed by atoms with E-state index in [0.717, 1.165) is 18.4 Å². The molecule has 1 amide bonds. The zero-order valence-electron chi connectivity index (χ0n) is 9.82. The Hall–Kier alpha value is -1.55. The Bertz CT molecular complexity index is 387. The summed E-state index contributed by atoms with van der Waals surface area (Å²) in [6.07, 6.45) is 4.96. The molecule has 0 spiro atoms. The molecule has 2 rings (SSSR count). The minimum absolute atomic E-state index is 0.123. The van der Waals surface area contributed by atoms with Gasteiger partial charge in [0.25, 0.3) is 0 Å². The van der Waals surface area contributed by atoms with Gasteiger partial charge in [-0.25, -0.2) is 5.48 Å². The van der Waals surface area contributed by atoms with Gasteiger partial charge in [-0.2, -0.15) is 0 Å². The number of benzene rings is 1. The summed E-state index contributed by atoms with van der Waals surface area (Å²) < 4.78 is 0. The number of nitrogen functional groups attached to an aromatic ring is 1. The van der Waals surface area contributed by atoms with Crippen LogP contribution in [0.2, 0.25) is 0 Å². The van der Waals surface area contributed by atoms with Crippen LogP contribution in [0.25, 0.3) is 0 Å². The van der Waals surface area contributed by atoms with Gasteiger partial charge in [-0.3, -0.25) is 9.63 Å². The van der Waals surface area contributed by atoms with E-state index < -0.39 is 0 Å². The molecule has 1 saturated carbocycles. The molecule has 0 radical (unpaired) electrons. The second-order valence-corrected chi connectivity index (χ2v) is 4.47. The van der Waals surface area contributed by atoms with Crippen LogP contribution < -0.4 is 11.2 Å². The number of hydrogen-bond acceptors (Lipinski definition) is 3. The van der Waals surface area contributed by atoms with Crippen LogP contribution in [-0.2, 0) is 16.1 Å². The lowest BCUT2D eigenvalue weighted by molar-refractivity contribution is -0.137. The van der Waals surface area contributed by atoms with Crippen molar-refractivity contribution in [2.24, 2.45) is 0 Å². The highest BCUT2D eigenvalue weighted by molar-refractivity contribution is 5.77. The highest BCUT2D eigenvalue weighted by atomic mass is 16.7. The first-order valence-electron chi connectivity index (χ1n) is 6.03. The van der Waals surface area contributed by atoms with Crippen molar-refractivity contribution in [3.8, 4) is 0 Å². The number of carbonyl (C=O) groups is 1. The summed E-state index contributed by atoms with van der Waals surface area (Å²) in [6, 6.07) is 7.33. The number of amides is 1. The number of hydroxylamine groups is 1. The number of nitrogens with one attached hydrogen (secondary N) is 1. The predicted molar refractivity (Wildman–Crippen MR) is 66.0 cm³/mol. The Kier molecular flexibility index (Phi) is 3.98. The van der Waals surface area contributed by atoms with E-state index in [9.17, 15) is 4.79 Å². The third-order valence-corrected chi connectivity index (χ3v) is 2.96. The van der Waals surface area contributed by atoms with Gasteiger partial charge in [0.15, 0.2) is 0 Å². The van der Waals surface area contributed by atoms with Crippen molar-refractivity contribution in [3.63, 3.8) is 0 Å². The summed E-state index contributed by atoms with van der Waals surface area (Å²) in [5.74, 6) is -0.123. The van der Waals surface area contributed by atoms with E-state index >= 15 is 0 Å². The van der Waals surface area contributed by atoms with Crippen LogP contribution >= 0.6 is 0 Å². The number of rotatable bonds is 4. The average molecular weight is 234 g/mol. The Morgan fingerprint density at radius 1 is 1.41 bits per heavy atom. The van der Waals surface area contributed by atoms with Crippen LogP contribution in [0.1, 0.15) is 31.2 Å². The Balaban J connectivity index is 1.76. The molecule has 0 aromatic heterocycles. The molecule has 1 aliphatic rings. The maximum absolute atomic E-state index is 11.6. The normalized spacial score (nSPS) is 16.0. The van der Waals surface area contributed by atoms with E-state index in [2.05, 4.69) is 5.48 Å². The third-order valence-electron chi connectivity index (χ3n) is 2.96. The fraction of sp³-hybridized carbons (Fsp3) is 0.462. The smallest absolute Gasteiger partial charge is 0.247 e. The highest BCUT2D eigenvalue weighted by Gasteiger charge is 2.16. The Morgan fingerprint density at radius 3 is 2.88 bits per heavy atom. The van der Waals surface area contributed by atoms with Crippen LogP contribution in [0.15, 0.2) is 24.3 Å². The first-order valence-corrected chi connectivity index (χ1v) is 6.03. The van der Waals surface area contributed by atoms with Crippen LogP contribution in [0, 0.1) is 0 Å². The van der Waals surface area contributed by atoms with E-state index in [-0.39, 0.29) is 12.0 Å². The molecule has 0 heterocycles. The van der Waals surface area contributed by atoms with Crippen molar-refractivity contribution in [3.05, 3.63) is 29.8 Å². The molecule has 17 heavy (non-hydrogen) atoms. The molecular formula is C13H18N2O2. The molecular weight excluding hydrogens is 216 g/mol. The lowest BCUT2D eigenvalue weighted by Gasteiger charge is -2.11. The summed E-state index contributed by atoms with van der Waals surface area (Å²) >= 11 is 0. The number of anilines is 1. The summed E-state index contributed by atoms with van der Waals surface area (Å²) in [5.41, 5.74) is 9.73. The average Bonchev–Trinajstić information content (AvgIpc) is 2.79. The monoisotopic (exact) mass is 234 g/mol. The molecule has 4 heteroatoms. The van der Waals surface area contributed by atoms with Crippen molar-refractivity contribution in [1.82, 2.24) is 5.48 Å². The molecule has 0 saturated heterocycles. The minimum Gasteiger partial charge on any atom is -0.399 e. The standard InChI is InChI=1S/C13H18N2O2/c14-11-5-3-4-10(8-11)9-13(16)15-17-12-6-1-2-7-12/h3-5,8,12H,1-2,6-7,9,14H2,(H,15,16). The Morgan fingerprint density at radius 2 is 2.18 bits per heavy atom. The SMILES string of the molecule is Nc1cccc(CC(=O)NOC2CCCC2)c1. The van der Waals surface area contributed by atoms with Gasteiger partial charge in [-0.15, -0.1) is 0 Å². The van der Waals surface area contributed by atoms with Crippen molar-refractivity contribution >= 4 is 11.6 Å². The van der Waals surface area contributed by atoms with E-state index in [1.54, 1.807) is 12.1 Å². The summed E-state index contributed by atoms with van der Waals surface area (Å²) in [6.45, 7) is 0. The molecule has 0 atom stereocenters. The first-order chi connectivity index (χ1) is 8.24. The van der Waals surface area contributed by atoms with Crippen LogP contribution in [-0.4, -0.2) is 12.0 Å². The molecule has 4 nitrogen and oxygen atoms in total. The lowest BCUT2D eigenvalue weighted by Crippen LogP contribution is -2.29. The zero-order chi connectivity index (χ0) is 12.1. The molecule has 1 aromatic rings. The van der Waals surface area contributed by atoms with Crippen molar-refractivity contribution < 1.29 is 9.63 Å². The van der Waals surface area contributed by atoms with Crippen molar-refractivity contribution in [1.29, 1.82) is 0 Å². The molecule has 0 aliphatic heterocycles. The van der Waals surface area contributed by atoms with Gasteiger partial charge in [-0.05, 0) is 30.5 Å². The van der Waals surface area contributed by atoms with Gasteiger partial charge in [0.2, 0.25) is 5.91 Å². The van der Waals surface area contributed by atoms with E-state index in [4.69, 9.17) is 10.6 Å². The topological polar surface area (TPSA) is 64.4 Å². The van der Waals surface area contributed by atoms with Crippen LogP contribution in [0.4, 0.5) is 5.69 Å². The summed E-state index contributed by atoms with van der Waals surface area (Å²) in [5, 5.41) is 0. The quantitative estimate of drug-likeness (QED) is 0.616. The van der Waals surface area contributed by atoms with E-state index in [0.29, 0.717) is 12.1 Å². The number of carbonyl (C=O) groups excluding carboxylic acids is 1. The highest BCUT2D eigenvalue weighted by Crippen LogP contribution is 2.19. The van der Waals surface area contributed by atoms with Crippen LogP contribution in [0.3, 0.4) is 0 Å². The number of hydrogen-bond donors (Lipinski definition) is 2. The zero-order valence-corrected chi connectivity index (χ0v) is 9.82. The molecule has 92 valence electrons. The van der Waals surface area contributed by atoms with E-state index in [1.807, 2.05) is 12.1 Å². The third kappa shape index (κ3) is 3.75. The van der Waals surface area contributed by atoms with Gasteiger partial charge in [0.1, 0.15) is 0 Å². The van der Waals surface area contributed by atoms with Crippen LogP contribution in [0.5, 0.6) is 0 Å². The molecule has 3 N–H and O–H groups in total. The number of nitrogens with two attached hydrogens (primary N) is 1. The molecule has 0 bridgehead atoms. The Labute approximate surface area is 101 Å². The molecule has 1 aromatic carbocycles. The fourth-order valence-corrected chi connectivity index (χ4v) is 2.08. The van der Waals surface area contributed by atoms with E-state index in [1.165, 1.54) is 12.8 Å². The van der Waals surface area contributed by atoms with Gasteiger partial charge >= 0.3 is 0 Å². The molecule has 1 fully saturated rings. The minimum atomic E-state index is -0.123. The van der Waals surface area contributed by atoms with Crippen molar-refractivity contribution in [2.45, 2.75) is 38.2 Å². The second kappa shape index (κ2) is 5.68. The molecule has 1 aliphatic carbocycles. The van der Waals surface area contributed by atoms with Gasteiger partial charge in [-0.1, -0.05) is 25.0 Å². The van der Waals surface area contributed by atoms with Crippen molar-refractivity contribution in [2.75, 3.05) is 5.73 Å². The molecule has 0 unspecified atom stereocenters. The summed E-state index contributed by atoms with van der Waals surface area (Å²) in [4.78, 5) is 16.9. The lowest BCUT2D eigenvalue weighted by atomic mass is 10.1.